The summed E-state index contributed by atoms with van der Waals surface area (Å²) < 4.78 is 10.9. The third kappa shape index (κ3) is 5.36. The molecule has 1 aliphatic rings. The molecule has 0 saturated carbocycles. The van der Waals surface area contributed by atoms with Crippen LogP contribution in [0.1, 0.15) is 0 Å². The molecule has 50 heavy (non-hydrogen) atoms. The molecule has 0 spiro atoms. The first-order valence-electron chi connectivity index (χ1n) is 16.7. The first-order chi connectivity index (χ1) is 24.8. The van der Waals surface area contributed by atoms with E-state index in [4.69, 9.17) is 4.74 Å². The van der Waals surface area contributed by atoms with Crippen molar-refractivity contribution in [2.24, 2.45) is 0 Å². The molecule has 0 saturated heterocycles. The molecule has 1 aliphatic heterocycles. The van der Waals surface area contributed by atoms with Gasteiger partial charge in [0.15, 0.2) is 0 Å². The molecule has 4 nitrogen and oxygen atoms in total. The van der Waals surface area contributed by atoms with Crippen LogP contribution < -0.4 is 13.9 Å². The number of rotatable bonds is 7. The topological polar surface area (TPSA) is 28.1 Å². The molecule has 2 heterocycles. The van der Waals surface area contributed by atoms with E-state index in [1.807, 2.05) is 54.6 Å². The van der Waals surface area contributed by atoms with E-state index in [0.29, 0.717) is 0 Å². The number of hydrogen-bond acceptors (Lipinski definition) is 2. The van der Waals surface area contributed by atoms with Gasteiger partial charge >= 0.3 is 11.7 Å². The van der Waals surface area contributed by atoms with Crippen molar-refractivity contribution in [3.8, 4) is 45.0 Å². The van der Waals surface area contributed by atoms with Crippen LogP contribution in [0.4, 0.5) is 22.7 Å². The van der Waals surface area contributed by atoms with Gasteiger partial charge in [-0.25, -0.2) is 0 Å². The summed E-state index contributed by atoms with van der Waals surface area (Å²) in [5.74, 6) is 1.48. The average Bonchev–Trinajstić information content (AvgIpc) is 3.59. The summed E-state index contributed by atoms with van der Waals surface area (Å²) in [7, 11) is 0. The first-order valence-corrected chi connectivity index (χ1v) is 16.7. The van der Waals surface area contributed by atoms with Crippen LogP contribution >= 0.6 is 0 Å². The Kier molecular flexibility index (Phi) is 7.39. The molecule has 0 aliphatic carbocycles. The van der Waals surface area contributed by atoms with Gasteiger partial charge in [0.05, 0.1) is 28.3 Å². The lowest BCUT2D eigenvalue weighted by Gasteiger charge is -2.11. The van der Waals surface area contributed by atoms with Crippen LogP contribution in [0.5, 0.6) is 11.5 Å². The van der Waals surface area contributed by atoms with E-state index in [1.165, 1.54) is 5.39 Å². The molecular weight excluding hydrogens is 611 g/mol. The van der Waals surface area contributed by atoms with Gasteiger partial charge in [0.2, 0.25) is 11.4 Å². The fraction of sp³-hybridized carbons (Fsp3) is 0. The molecule has 7 aromatic carbocycles. The van der Waals surface area contributed by atoms with E-state index in [9.17, 15) is 0 Å². The normalized spacial score (nSPS) is 11.9. The molecular formula is C46H31N3O+2. The Morgan fingerprint density at radius 1 is 0.460 bits per heavy atom. The van der Waals surface area contributed by atoms with Crippen LogP contribution in [0.2, 0.25) is 0 Å². The second-order valence-corrected chi connectivity index (χ2v) is 12.2. The second-order valence-electron chi connectivity index (χ2n) is 12.2. The van der Waals surface area contributed by atoms with E-state index in [2.05, 4.69) is 148 Å². The van der Waals surface area contributed by atoms with Crippen LogP contribution in [-0.2, 0) is 0 Å². The Hall–Kier alpha value is -6.87. The van der Waals surface area contributed by atoms with E-state index >= 15 is 0 Å². The molecule has 0 unspecified atom stereocenters. The Bertz CT molecular complexity index is 2530. The Balaban J connectivity index is 1.24. The number of para-hydroxylation sites is 1. The summed E-state index contributed by atoms with van der Waals surface area (Å²) in [4.78, 5) is 4.51. The maximum atomic E-state index is 6.47. The maximum Gasteiger partial charge on any atom is 0.503 e. The van der Waals surface area contributed by atoms with Crippen LogP contribution in [0.3, 0.4) is 0 Å². The van der Waals surface area contributed by atoms with Gasteiger partial charge in [-0.3, -0.25) is 4.98 Å². The maximum absolute atomic E-state index is 6.47. The predicted molar refractivity (Wildman–Crippen MR) is 205 cm³/mol. The van der Waals surface area contributed by atoms with Crippen molar-refractivity contribution in [2.75, 3.05) is 0 Å². The van der Waals surface area contributed by atoms with Crippen LogP contribution in [0, 0.1) is 0 Å². The number of hydrogen-bond donors (Lipinski definition) is 0. The SMILES string of the molecule is C1=[N+](c2cccc(Oc3cccc(-c4ccccn4)c3)c2)c2ccc3ccccc3c2[N+]=1c1c(-c2ccccc2)cccc1-c1ccccc1. The Morgan fingerprint density at radius 3 is 1.84 bits per heavy atom. The third-order valence-corrected chi connectivity index (χ3v) is 9.08. The summed E-state index contributed by atoms with van der Waals surface area (Å²) in [5, 5.41) is 2.32. The van der Waals surface area contributed by atoms with E-state index in [0.717, 1.165) is 73.1 Å². The number of benzene rings is 7. The summed E-state index contributed by atoms with van der Waals surface area (Å²) >= 11 is 0. The molecule has 1 aromatic heterocycles. The lowest BCUT2D eigenvalue weighted by Crippen LogP contribution is -2.05. The fourth-order valence-corrected chi connectivity index (χ4v) is 6.78. The molecule has 0 fully saturated rings. The minimum Gasteiger partial charge on any atom is -0.457 e. The van der Waals surface area contributed by atoms with Gasteiger partial charge in [-0.1, -0.05) is 109 Å². The molecule has 8 aromatic rings. The highest BCUT2D eigenvalue weighted by molar-refractivity contribution is 6.06. The van der Waals surface area contributed by atoms with Crippen LogP contribution in [0.25, 0.3) is 44.3 Å². The fourth-order valence-electron chi connectivity index (χ4n) is 6.78. The van der Waals surface area contributed by atoms with Crippen molar-refractivity contribution < 1.29 is 4.74 Å². The number of ether oxygens (including phenoxy) is 1. The number of pyridine rings is 1. The lowest BCUT2D eigenvalue weighted by molar-refractivity contribution is 0.483. The molecule has 0 bridgehead atoms. The largest absolute Gasteiger partial charge is 0.503 e. The van der Waals surface area contributed by atoms with Gasteiger partial charge in [-0.15, -0.1) is 0 Å². The van der Waals surface area contributed by atoms with Crippen molar-refractivity contribution >= 4 is 39.5 Å². The zero-order valence-electron chi connectivity index (χ0n) is 27.1. The molecule has 0 N–H and O–H groups in total. The second kappa shape index (κ2) is 12.6. The molecule has 234 valence electrons. The number of nitrogens with zero attached hydrogens (tertiary/aromatic N) is 3. The molecule has 0 atom stereocenters. The summed E-state index contributed by atoms with van der Waals surface area (Å²) in [6.07, 6.45) is 1.81. The molecule has 0 radical (unpaired) electrons. The number of aromatic nitrogens is 1. The zero-order valence-corrected chi connectivity index (χ0v) is 27.1. The van der Waals surface area contributed by atoms with Gasteiger partial charge in [0, 0.05) is 23.9 Å². The van der Waals surface area contributed by atoms with Crippen molar-refractivity contribution in [1.29, 1.82) is 0 Å². The van der Waals surface area contributed by atoms with Gasteiger partial charge in [0.1, 0.15) is 11.5 Å². The standard InChI is InChI=1S/C46H31N3O/c1-3-14-33(15-4-1)40-24-13-25-41(34-16-5-2-6-17-34)45(40)49-32-48(44-28-27-35-18-7-8-23-42(35)46(44)49)37-20-12-22-39(31-37)50-38-21-11-19-36(30-38)43-26-9-10-29-47-43/h1-31H/q+2. The molecule has 9 rings (SSSR count). The smallest absolute Gasteiger partial charge is 0.457 e. The quantitative estimate of drug-likeness (QED) is 0.162. The van der Waals surface area contributed by atoms with Crippen molar-refractivity contribution in [2.45, 2.75) is 0 Å². The molecule has 4 heteroatoms. The third-order valence-electron chi connectivity index (χ3n) is 9.08. The lowest BCUT2D eigenvalue weighted by atomic mass is 9.95. The summed E-state index contributed by atoms with van der Waals surface area (Å²) in [6.45, 7) is 0. The summed E-state index contributed by atoms with van der Waals surface area (Å²) in [5.41, 5.74) is 10.6. The van der Waals surface area contributed by atoms with Crippen molar-refractivity contribution in [3.63, 3.8) is 0 Å². The Morgan fingerprint density at radius 2 is 1.10 bits per heavy atom. The monoisotopic (exact) mass is 641 g/mol. The van der Waals surface area contributed by atoms with Gasteiger partial charge in [-0.05, 0) is 80.3 Å². The predicted octanol–water partition coefficient (Wildman–Crippen LogP) is 11.9. The van der Waals surface area contributed by atoms with E-state index in [-0.39, 0.29) is 0 Å². The highest BCUT2D eigenvalue weighted by atomic mass is 16.5. The Labute approximate surface area is 290 Å². The highest BCUT2D eigenvalue weighted by Gasteiger charge is 2.41. The molecule has 0 amide bonds. The van der Waals surface area contributed by atoms with Crippen LogP contribution in [-0.4, -0.2) is 11.0 Å². The van der Waals surface area contributed by atoms with E-state index < -0.39 is 0 Å². The van der Waals surface area contributed by atoms with Gasteiger partial charge in [0.25, 0.3) is 5.69 Å². The summed E-state index contributed by atoms with van der Waals surface area (Å²) in [6, 6.07) is 66.7. The van der Waals surface area contributed by atoms with Gasteiger partial charge in [-0.2, -0.15) is 0 Å². The minimum absolute atomic E-state index is 0.734. The highest BCUT2D eigenvalue weighted by Crippen LogP contribution is 2.47. The average molecular weight is 642 g/mol. The van der Waals surface area contributed by atoms with E-state index in [1.54, 1.807) is 6.20 Å². The van der Waals surface area contributed by atoms with Gasteiger partial charge < -0.3 is 4.74 Å². The van der Waals surface area contributed by atoms with Crippen LogP contribution in [0.15, 0.2) is 188 Å². The zero-order chi connectivity index (χ0) is 33.3. The van der Waals surface area contributed by atoms with Crippen molar-refractivity contribution in [3.05, 3.63) is 188 Å². The van der Waals surface area contributed by atoms with Crippen molar-refractivity contribution in [1.82, 2.24) is 14.1 Å². The minimum atomic E-state index is 0.734. The first kappa shape index (κ1) is 29.3. The number of fused-ring (bicyclic) bond motifs is 3.